The van der Waals surface area contributed by atoms with Gasteiger partial charge in [-0.1, -0.05) is 18.2 Å². The summed E-state index contributed by atoms with van der Waals surface area (Å²) < 4.78 is 5.05. The van der Waals surface area contributed by atoms with E-state index in [1.807, 2.05) is 12.1 Å². The Labute approximate surface area is 92.4 Å². The predicted molar refractivity (Wildman–Crippen MR) is 60.9 cm³/mol. The zero-order valence-corrected chi connectivity index (χ0v) is 8.73. The molecule has 0 unspecified atom stereocenters. The Kier molecular flexibility index (Phi) is 2.64. The van der Waals surface area contributed by atoms with E-state index in [-0.39, 0.29) is 5.97 Å². The molecule has 0 saturated heterocycles. The zero-order chi connectivity index (χ0) is 11.5. The van der Waals surface area contributed by atoms with Crippen molar-refractivity contribution in [2.24, 2.45) is 0 Å². The largest absolute Gasteiger partial charge is 0.424 e. The van der Waals surface area contributed by atoms with E-state index in [0.717, 1.165) is 11.6 Å². The first-order valence-corrected chi connectivity index (χ1v) is 4.79. The summed E-state index contributed by atoms with van der Waals surface area (Å²) in [4.78, 5) is 15.1. The van der Waals surface area contributed by atoms with E-state index in [1.165, 1.54) is 6.92 Å². The van der Waals surface area contributed by atoms with Crippen molar-refractivity contribution in [1.29, 1.82) is 5.41 Å². The van der Waals surface area contributed by atoms with Crippen molar-refractivity contribution >= 4 is 23.1 Å². The molecule has 1 N–H and O–H groups in total. The molecule has 0 atom stereocenters. The van der Waals surface area contributed by atoms with Crippen LogP contribution >= 0.6 is 0 Å². The molecule has 1 aromatic heterocycles. The van der Waals surface area contributed by atoms with Gasteiger partial charge in [-0.3, -0.25) is 4.79 Å². The normalized spacial score (nSPS) is 10.1. The number of hydrogen-bond acceptors (Lipinski definition) is 4. The van der Waals surface area contributed by atoms with Crippen molar-refractivity contribution in [2.45, 2.75) is 6.92 Å². The van der Waals surface area contributed by atoms with E-state index < -0.39 is 0 Å². The number of esters is 1. The molecule has 0 saturated carbocycles. The molecule has 0 spiro atoms. The Bertz CT molecular complexity index is 564. The molecule has 0 radical (unpaired) electrons. The molecule has 1 aromatic carbocycles. The lowest BCUT2D eigenvalue weighted by Gasteiger charge is -2.05. The number of carbonyl (C=O) groups is 1. The van der Waals surface area contributed by atoms with Gasteiger partial charge in [0.05, 0.1) is 5.69 Å². The number of hydrogen-bond donors (Lipinski definition) is 1. The van der Waals surface area contributed by atoms with Gasteiger partial charge in [0.1, 0.15) is 5.52 Å². The van der Waals surface area contributed by atoms with Crippen LogP contribution in [-0.4, -0.2) is 17.2 Å². The smallest absolute Gasteiger partial charge is 0.308 e. The average Bonchev–Trinajstić information content (AvgIpc) is 2.28. The van der Waals surface area contributed by atoms with Crippen molar-refractivity contribution < 1.29 is 9.53 Å². The maximum Gasteiger partial charge on any atom is 0.308 e. The third kappa shape index (κ3) is 1.91. The van der Waals surface area contributed by atoms with Crippen LogP contribution in [0.25, 0.3) is 10.9 Å². The van der Waals surface area contributed by atoms with Crippen LogP contribution in [0, 0.1) is 5.41 Å². The van der Waals surface area contributed by atoms with Crippen LogP contribution < -0.4 is 4.74 Å². The van der Waals surface area contributed by atoms with E-state index in [0.29, 0.717) is 17.0 Å². The second-order valence-electron chi connectivity index (χ2n) is 3.30. The molecule has 4 nitrogen and oxygen atoms in total. The molecule has 80 valence electrons. The van der Waals surface area contributed by atoms with Crippen LogP contribution in [0.2, 0.25) is 0 Å². The van der Waals surface area contributed by atoms with Gasteiger partial charge in [-0.2, -0.15) is 0 Å². The number of fused-ring (bicyclic) bond motifs is 1. The minimum Gasteiger partial charge on any atom is -0.424 e. The first-order valence-electron chi connectivity index (χ1n) is 4.79. The monoisotopic (exact) mass is 214 g/mol. The summed E-state index contributed by atoms with van der Waals surface area (Å²) in [5.41, 5.74) is 1.13. The van der Waals surface area contributed by atoms with E-state index in [2.05, 4.69) is 4.98 Å². The van der Waals surface area contributed by atoms with Gasteiger partial charge in [0.25, 0.3) is 0 Å². The van der Waals surface area contributed by atoms with Crippen molar-refractivity contribution in [3.8, 4) is 5.75 Å². The highest BCUT2D eigenvalue weighted by Gasteiger charge is 2.06. The van der Waals surface area contributed by atoms with Crippen molar-refractivity contribution in [1.82, 2.24) is 4.98 Å². The topological polar surface area (TPSA) is 63.0 Å². The molecular formula is C12H10N2O2. The number of nitrogens with one attached hydrogen (secondary N) is 1. The molecule has 0 aliphatic rings. The van der Waals surface area contributed by atoms with Crippen LogP contribution in [0.15, 0.2) is 30.3 Å². The van der Waals surface area contributed by atoms with Gasteiger partial charge in [-0.25, -0.2) is 4.98 Å². The summed E-state index contributed by atoms with van der Waals surface area (Å²) in [5.74, 6) is 0.0447. The van der Waals surface area contributed by atoms with E-state index in [4.69, 9.17) is 10.1 Å². The fourth-order valence-electron chi connectivity index (χ4n) is 1.45. The standard InChI is InChI=1S/C12H10N2O2/c1-8(15)16-11-4-2-3-9-5-6-10(7-13)14-12(9)11/h2-7,13H,1H3. The first-order chi connectivity index (χ1) is 7.70. The highest BCUT2D eigenvalue weighted by atomic mass is 16.5. The zero-order valence-electron chi connectivity index (χ0n) is 8.73. The van der Waals surface area contributed by atoms with Crippen LogP contribution in [0.5, 0.6) is 5.75 Å². The molecule has 0 bridgehead atoms. The molecule has 4 heteroatoms. The third-order valence-electron chi connectivity index (χ3n) is 2.11. The molecule has 1 heterocycles. The van der Waals surface area contributed by atoms with Gasteiger partial charge in [-0.05, 0) is 12.1 Å². The number of nitrogens with zero attached hydrogens (tertiary/aromatic N) is 1. The second kappa shape index (κ2) is 4.10. The predicted octanol–water partition coefficient (Wildman–Crippen LogP) is 2.16. The number of ether oxygens (including phenoxy) is 1. The number of benzene rings is 1. The number of aromatic nitrogens is 1. The van der Waals surface area contributed by atoms with Crippen LogP contribution in [-0.2, 0) is 4.79 Å². The van der Waals surface area contributed by atoms with E-state index >= 15 is 0 Å². The molecule has 0 aliphatic carbocycles. The Balaban J connectivity index is 2.63. The van der Waals surface area contributed by atoms with Gasteiger partial charge >= 0.3 is 5.97 Å². The minimum absolute atomic E-state index is 0.380. The molecule has 2 rings (SSSR count). The van der Waals surface area contributed by atoms with Gasteiger partial charge < -0.3 is 10.1 Å². The van der Waals surface area contributed by atoms with Crippen LogP contribution in [0.4, 0.5) is 0 Å². The molecule has 0 fully saturated rings. The summed E-state index contributed by atoms with van der Waals surface area (Å²) in [6.07, 6.45) is 1.16. The highest BCUT2D eigenvalue weighted by Crippen LogP contribution is 2.23. The SMILES string of the molecule is CC(=O)Oc1cccc2ccc(C=N)nc12. The summed E-state index contributed by atoms with van der Waals surface area (Å²) in [6.45, 7) is 1.35. The Morgan fingerprint density at radius 2 is 2.19 bits per heavy atom. The lowest BCUT2D eigenvalue weighted by Crippen LogP contribution is -2.02. The fourth-order valence-corrected chi connectivity index (χ4v) is 1.45. The summed E-state index contributed by atoms with van der Waals surface area (Å²) >= 11 is 0. The fraction of sp³-hybridized carbons (Fsp3) is 0.0833. The lowest BCUT2D eigenvalue weighted by molar-refractivity contribution is -0.131. The first kappa shape index (κ1) is 10.3. The molecule has 0 amide bonds. The summed E-state index contributed by atoms with van der Waals surface area (Å²) in [5, 5.41) is 8.01. The minimum atomic E-state index is -0.380. The second-order valence-corrected chi connectivity index (χ2v) is 3.30. The Morgan fingerprint density at radius 1 is 1.38 bits per heavy atom. The maximum atomic E-state index is 10.9. The van der Waals surface area contributed by atoms with Gasteiger partial charge in [-0.15, -0.1) is 0 Å². The van der Waals surface area contributed by atoms with Crippen molar-refractivity contribution in [3.05, 3.63) is 36.0 Å². The number of carbonyl (C=O) groups excluding carboxylic acids is 1. The maximum absolute atomic E-state index is 10.9. The van der Waals surface area contributed by atoms with Crippen LogP contribution in [0.1, 0.15) is 12.6 Å². The third-order valence-corrected chi connectivity index (χ3v) is 2.11. The van der Waals surface area contributed by atoms with Gasteiger partial charge in [0.2, 0.25) is 0 Å². The molecule has 0 aliphatic heterocycles. The van der Waals surface area contributed by atoms with Crippen molar-refractivity contribution in [2.75, 3.05) is 0 Å². The average molecular weight is 214 g/mol. The molecular weight excluding hydrogens is 204 g/mol. The van der Waals surface area contributed by atoms with Crippen molar-refractivity contribution in [3.63, 3.8) is 0 Å². The highest BCUT2D eigenvalue weighted by molar-refractivity contribution is 5.89. The lowest BCUT2D eigenvalue weighted by atomic mass is 10.2. The number of para-hydroxylation sites is 1. The van der Waals surface area contributed by atoms with Gasteiger partial charge in [0, 0.05) is 18.5 Å². The quantitative estimate of drug-likeness (QED) is 0.473. The number of pyridine rings is 1. The van der Waals surface area contributed by atoms with Crippen LogP contribution in [0.3, 0.4) is 0 Å². The number of rotatable bonds is 2. The van der Waals surface area contributed by atoms with Gasteiger partial charge in [0.15, 0.2) is 5.75 Å². The molecule has 2 aromatic rings. The summed E-state index contributed by atoms with van der Waals surface area (Å²) in [7, 11) is 0. The van der Waals surface area contributed by atoms with E-state index in [9.17, 15) is 4.79 Å². The molecule has 16 heavy (non-hydrogen) atoms. The van der Waals surface area contributed by atoms with E-state index in [1.54, 1.807) is 18.2 Å². The Morgan fingerprint density at radius 3 is 2.88 bits per heavy atom. The summed E-state index contributed by atoms with van der Waals surface area (Å²) in [6, 6.07) is 8.95. The Hall–Kier alpha value is -2.23.